The maximum Gasteiger partial charge on any atom is 0.238 e. The summed E-state index contributed by atoms with van der Waals surface area (Å²) in [4.78, 5) is 46.1. The average Bonchev–Trinajstić information content (AvgIpc) is 3.49. The van der Waals surface area contributed by atoms with Crippen LogP contribution in [0, 0.1) is 5.92 Å². The van der Waals surface area contributed by atoms with Crippen molar-refractivity contribution in [3.8, 4) is 5.75 Å². The Labute approximate surface area is 248 Å². The van der Waals surface area contributed by atoms with Gasteiger partial charge in [-0.15, -0.1) is 0 Å². The zero-order valence-corrected chi connectivity index (χ0v) is 23.5. The number of hydrogen-bond acceptors (Lipinski definition) is 5. The smallest absolute Gasteiger partial charge is 0.238 e. The summed E-state index contributed by atoms with van der Waals surface area (Å²) in [7, 11) is 0. The van der Waals surface area contributed by atoms with Crippen LogP contribution in [0.15, 0.2) is 103 Å². The van der Waals surface area contributed by atoms with Crippen molar-refractivity contribution in [2.75, 3.05) is 11.9 Å². The first-order valence-corrected chi connectivity index (χ1v) is 14.4. The number of carbonyl (C=O) groups is 3. The van der Waals surface area contributed by atoms with Gasteiger partial charge in [-0.3, -0.25) is 14.4 Å². The number of ketones is 2. The lowest BCUT2D eigenvalue weighted by Gasteiger charge is -2.38. The second kappa shape index (κ2) is 10.00. The standard InChI is InChI=1S/C35H27ClN2O4/c1-2-42-28-14-8-5-11-25(28)32(40)29-30(31(39)22-15-17-23(36)18-16-22)38-20-19-21-9-3-4-10-24(21)33(38)35(29)26-12-6-7-13-27(26)37-34(35)41/h3-20,29-30,33H,2H2,1H3,(H,37,41)/t29-,30-,33-,35-/m1/s1. The minimum atomic E-state index is -1.40. The summed E-state index contributed by atoms with van der Waals surface area (Å²) in [5, 5.41) is 3.58. The van der Waals surface area contributed by atoms with Crippen LogP contribution in [-0.2, 0) is 10.2 Å². The van der Waals surface area contributed by atoms with Gasteiger partial charge in [0.15, 0.2) is 11.6 Å². The summed E-state index contributed by atoms with van der Waals surface area (Å²) in [6.45, 7) is 2.22. The van der Waals surface area contributed by atoms with Crippen LogP contribution in [0.4, 0.5) is 5.69 Å². The molecule has 4 aromatic carbocycles. The number of nitrogens with zero attached hydrogens (tertiary/aromatic N) is 1. The van der Waals surface area contributed by atoms with Gasteiger partial charge in [0.2, 0.25) is 5.91 Å². The average molecular weight is 575 g/mol. The Morgan fingerprint density at radius 3 is 2.43 bits per heavy atom. The van der Waals surface area contributed by atoms with E-state index in [1.807, 2.05) is 78.7 Å². The fourth-order valence-electron chi connectivity index (χ4n) is 7.07. The largest absolute Gasteiger partial charge is 0.493 e. The Hall–Kier alpha value is -4.68. The van der Waals surface area contributed by atoms with Gasteiger partial charge < -0.3 is 15.0 Å². The molecule has 3 aliphatic heterocycles. The van der Waals surface area contributed by atoms with Gasteiger partial charge in [-0.1, -0.05) is 66.2 Å². The predicted molar refractivity (Wildman–Crippen MR) is 162 cm³/mol. The van der Waals surface area contributed by atoms with Crippen LogP contribution in [0.25, 0.3) is 6.08 Å². The van der Waals surface area contributed by atoms with Gasteiger partial charge in [-0.25, -0.2) is 0 Å². The Kier molecular flexibility index (Phi) is 6.24. The van der Waals surface area contributed by atoms with Crippen molar-refractivity contribution in [3.63, 3.8) is 0 Å². The van der Waals surface area contributed by atoms with Crippen LogP contribution < -0.4 is 10.1 Å². The summed E-state index contributed by atoms with van der Waals surface area (Å²) in [6, 6.07) is 27.4. The van der Waals surface area contributed by atoms with E-state index in [9.17, 15) is 9.59 Å². The Morgan fingerprint density at radius 1 is 0.905 bits per heavy atom. The molecule has 1 N–H and O–H groups in total. The number of ether oxygens (including phenoxy) is 1. The Bertz CT molecular complexity index is 1780. The third-order valence-electron chi connectivity index (χ3n) is 8.70. The minimum Gasteiger partial charge on any atom is -0.493 e. The molecule has 7 rings (SSSR count). The number of fused-ring (bicyclic) bond motifs is 6. The minimum absolute atomic E-state index is 0.262. The summed E-state index contributed by atoms with van der Waals surface area (Å²) in [5.41, 5.74) is 2.52. The number of nitrogens with one attached hydrogen (secondary N) is 1. The number of anilines is 1. The molecule has 208 valence electrons. The number of para-hydroxylation sites is 2. The second-order valence-corrected chi connectivity index (χ2v) is 11.2. The predicted octanol–water partition coefficient (Wildman–Crippen LogP) is 6.72. The van der Waals surface area contributed by atoms with Crippen LogP contribution in [0.5, 0.6) is 5.75 Å². The van der Waals surface area contributed by atoms with Crippen molar-refractivity contribution >= 4 is 40.8 Å². The van der Waals surface area contributed by atoms with E-state index in [0.29, 0.717) is 39.8 Å². The van der Waals surface area contributed by atoms with Crippen LogP contribution in [0.3, 0.4) is 0 Å². The van der Waals surface area contributed by atoms with Crippen LogP contribution in [-0.4, -0.2) is 35.0 Å². The van der Waals surface area contributed by atoms with Gasteiger partial charge in [0.25, 0.3) is 0 Å². The molecule has 0 aliphatic carbocycles. The molecule has 3 heterocycles. The third kappa shape index (κ3) is 3.68. The zero-order valence-electron chi connectivity index (χ0n) is 22.8. The molecule has 0 radical (unpaired) electrons. The number of rotatable bonds is 6. The number of carbonyl (C=O) groups excluding carboxylic acids is 3. The first-order chi connectivity index (χ1) is 20.5. The summed E-state index contributed by atoms with van der Waals surface area (Å²) in [5.74, 6) is -1.54. The Balaban J connectivity index is 1.54. The van der Waals surface area contributed by atoms with Gasteiger partial charge in [0.1, 0.15) is 17.2 Å². The highest BCUT2D eigenvalue weighted by molar-refractivity contribution is 6.30. The van der Waals surface area contributed by atoms with Gasteiger partial charge in [0.05, 0.1) is 24.1 Å². The highest BCUT2D eigenvalue weighted by Crippen LogP contribution is 2.62. The third-order valence-corrected chi connectivity index (χ3v) is 8.95. The molecule has 4 atom stereocenters. The lowest BCUT2D eigenvalue weighted by molar-refractivity contribution is -0.122. The van der Waals surface area contributed by atoms with E-state index in [2.05, 4.69) is 5.32 Å². The fourth-order valence-corrected chi connectivity index (χ4v) is 7.20. The molecule has 0 aromatic heterocycles. The molecule has 0 unspecified atom stereocenters. The number of benzene rings is 4. The first-order valence-electron chi connectivity index (χ1n) is 14.0. The van der Waals surface area contributed by atoms with Crippen LogP contribution in [0.2, 0.25) is 5.02 Å². The first kappa shape index (κ1) is 26.2. The number of amides is 1. The Morgan fingerprint density at radius 2 is 1.62 bits per heavy atom. The zero-order chi connectivity index (χ0) is 29.0. The van der Waals surface area contributed by atoms with Crippen molar-refractivity contribution in [3.05, 3.63) is 136 Å². The highest BCUT2D eigenvalue weighted by atomic mass is 35.5. The van der Waals surface area contributed by atoms with Crippen molar-refractivity contribution in [2.45, 2.75) is 24.4 Å². The van der Waals surface area contributed by atoms with E-state index < -0.39 is 23.4 Å². The van der Waals surface area contributed by atoms with Crippen LogP contribution >= 0.6 is 11.6 Å². The van der Waals surface area contributed by atoms with Gasteiger partial charge in [-0.2, -0.15) is 0 Å². The molecular formula is C35H27ClN2O4. The second-order valence-electron chi connectivity index (χ2n) is 10.8. The van der Waals surface area contributed by atoms with E-state index in [1.54, 1.807) is 42.5 Å². The SMILES string of the molecule is CCOc1ccccc1C(=O)[C@H]1[C@H](C(=O)c2ccc(Cl)cc2)N2C=Cc3ccccc3[C@@H]2[C@]12C(=O)Nc1ccccc12. The lowest BCUT2D eigenvalue weighted by atomic mass is 9.62. The maximum atomic E-state index is 15.0. The molecule has 1 saturated heterocycles. The summed E-state index contributed by atoms with van der Waals surface area (Å²) < 4.78 is 5.88. The topological polar surface area (TPSA) is 75.7 Å². The maximum absolute atomic E-state index is 15.0. The fraction of sp³-hybridized carbons (Fsp3) is 0.171. The van der Waals surface area contributed by atoms with E-state index in [0.717, 1.165) is 11.1 Å². The van der Waals surface area contributed by atoms with E-state index in [-0.39, 0.29) is 17.5 Å². The number of halogens is 1. The van der Waals surface area contributed by atoms with Crippen molar-refractivity contribution in [2.24, 2.45) is 5.92 Å². The molecule has 4 aromatic rings. The summed E-state index contributed by atoms with van der Waals surface area (Å²) in [6.07, 6.45) is 3.81. The molecule has 6 nitrogen and oxygen atoms in total. The number of Topliss-reactive ketones (excluding diaryl/α,β-unsaturated/α-hetero) is 2. The highest BCUT2D eigenvalue weighted by Gasteiger charge is 2.70. The van der Waals surface area contributed by atoms with Crippen molar-refractivity contribution in [1.29, 1.82) is 0 Å². The van der Waals surface area contributed by atoms with Gasteiger partial charge in [0, 0.05) is 22.5 Å². The van der Waals surface area contributed by atoms with E-state index >= 15 is 4.79 Å². The van der Waals surface area contributed by atoms with Crippen molar-refractivity contribution in [1.82, 2.24) is 4.90 Å². The molecule has 0 bridgehead atoms. The quantitative estimate of drug-likeness (QED) is 0.259. The summed E-state index contributed by atoms with van der Waals surface area (Å²) >= 11 is 6.17. The molecule has 42 heavy (non-hydrogen) atoms. The molecule has 1 spiro atoms. The van der Waals surface area contributed by atoms with Crippen LogP contribution in [0.1, 0.15) is 50.4 Å². The molecular weight excluding hydrogens is 548 g/mol. The van der Waals surface area contributed by atoms with E-state index in [4.69, 9.17) is 16.3 Å². The van der Waals surface area contributed by atoms with Gasteiger partial charge in [-0.05, 0) is 72.2 Å². The molecule has 3 aliphatic rings. The van der Waals surface area contributed by atoms with Gasteiger partial charge >= 0.3 is 0 Å². The monoisotopic (exact) mass is 574 g/mol. The lowest BCUT2D eigenvalue weighted by Crippen LogP contribution is -2.49. The van der Waals surface area contributed by atoms with Crippen molar-refractivity contribution < 1.29 is 19.1 Å². The molecule has 1 amide bonds. The molecule has 0 saturated carbocycles. The van der Waals surface area contributed by atoms with E-state index in [1.165, 1.54) is 0 Å². The molecule has 7 heteroatoms. The number of hydrogen-bond donors (Lipinski definition) is 1. The normalized spacial score (nSPS) is 23.2. The molecule has 1 fully saturated rings.